The zero-order valence-electron chi connectivity index (χ0n) is 10.5. The van der Waals surface area contributed by atoms with Gasteiger partial charge in [-0.1, -0.05) is 6.92 Å². The number of esters is 1. The summed E-state index contributed by atoms with van der Waals surface area (Å²) in [4.78, 5) is 11.6. The summed E-state index contributed by atoms with van der Waals surface area (Å²) in [7, 11) is 0. The first kappa shape index (κ1) is 15.7. The van der Waals surface area contributed by atoms with Crippen LogP contribution < -0.4 is 5.32 Å². The Bertz CT molecular complexity index is 198. The van der Waals surface area contributed by atoms with Crippen LogP contribution >= 0.6 is 11.8 Å². The van der Waals surface area contributed by atoms with Crippen molar-refractivity contribution in [3.8, 4) is 0 Å². The number of carbonyl (C=O) groups is 1. The number of rotatable bonds is 8. The minimum atomic E-state index is -0.281. The summed E-state index contributed by atoms with van der Waals surface area (Å²) in [6.45, 7) is 6.21. The Balaban J connectivity index is 4.24. The molecule has 0 aromatic carbocycles. The zero-order chi connectivity index (χ0) is 12.6. The summed E-state index contributed by atoms with van der Waals surface area (Å²) in [5, 5.41) is 12.4. The van der Waals surface area contributed by atoms with Gasteiger partial charge in [-0.15, -0.1) is 0 Å². The van der Waals surface area contributed by atoms with E-state index in [4.69, 9.17) is 9.84 Å². The highest BCUT2D eigenvalue weighted by molar-refractivity contribution is 7.99. The molecule has 0 saturated carbocycles. The number of aliphatic hydroxyl groups is 1. The SMILES string of the molecule is CCOC(=O)C(CC)NC(C)C(CO)SC. The van der Waals surface area contributed by atoms with Crippen molar-refractivity contribution in [2.45, 2.75) is 44.5 Å². The largest absolute Gasteiger partial charge is 0.465 e. The monoisotopic (exact) mass is 249 g/mol. The molecule has 0 fully saturated rings. The second kappa shape index (κ2) is 8.84. The fraction of sp³-hybridized carbons (Fsp3) is 0.909. The molecule has 3 unspecified atom stereocenters. The topological polar surface area (TPSA) is 58.6 Å². The molecule has 0 rings (SSSR count). The van der Waals surface area contributed by atoms with E-state index in [-0.39, 0.29) is 29.9 Å². The maximum absolute atomic E-state index is 11.6. The quantitative estimate of drug-likeness (QED) is 0.629. The Hall–Kier alpha value is -0.260. The predicted octanol–water partition coefficient (Wildman–Crippen LogP) is 1.03. The molecule has 0 aliphatic heterocycles. The third kappa shape index (κ3) is 5.18. The van der Waals surface area contributed by atoms with Gasteiger partial charge in [0.2, 0.25) is 0 Å². The summed E-state index contributed by atoms with van der Waals surface area (Å²) in [5.41, 5.74) is 0. The molecule has 16 heavy (non-hydrogen) atoms. The molecule has 0 aromatic rings. The number of hydrogen-bond acceptors (Lipinski definition) is 5. The van der Waals surface area contributed by atoms with Gasteiger partial charge in [0.25, 0.3) is 0 Å². The standard InChI is InChI=1S/C11H23NO3S/c1-5-9(11(14)15-6-2)12-8(3)10(7-13)16-4/h8-10,12-13H,5-7H2,1-4H3. The van der Waals surface area contributed by atoms with Crippen molar-refractivity contribution in [3.05, 3.63) is 0 Å². The van der Waals surface area contributed by atoms with Crippen molar-refractivity contribution in [2.24, 2.45) is 0 Å². The van der Waals surface area contributed by atoms with E-state index in [1.165, 1.54) is 0 Å². The van der Waals surface area contributed by atoms with Gasteiger partial charge < -0.3 is 15.2 Å². The van der Waals surface area contributed by atoms with E-state index in [0.29, 0.717) is 13.0 Å². The fourth-order valence-corrected chi connectivity index (χ4v) is 2.09. The van der Waals surface area contributed by atoms with E-state index in [0.717, 1.165) is 0 Å². The van der Waals surface area contributed by atoms with Gasteiger partial charge in [-0.2, -0.15) is 11.8 Å². The summed E-state index contributed by atoms with van der Waals surface area (Å²) in [6, 6.07) is -0.203. The number of hydrogen-bond donors (Lipinski definition) is 2. The van der Waals surface area contributed by atoms with Crippen LogP contribution in [0.15, 0.2) is 0 Å². The predicted molar refractivity (Wildman–Crippen MR) is 67.7 cm³/mol. The highest BCUT2D eigenvalue weighted by Crippen LogP contribution is 2.11. The van der Waals surface area contributed by atoms with Gasteiger partial charge >= 0.3 is 5.97 Å². The molecule has 0 aliphatic carbocycles. The third-order valence-electron chi connectivity index (χ3n) is 2.48. The first-order valence-electron chi connectivity index (χ1n) is 5.66. The van der Waals surface area contributed by atoms with E-state index in [1.807, 2.05) is 20.1 Å². The van der Waals surface area contributed by atoms with Crippen molar-refractivity contribution >= 4 is 17.7 Å². The van der Waals surface area contributed by atoms with Crippen LogP contribution in [0.2, 0.25) is 0 Å². The average molecular weight is 249 g/mol. The van der Waals surface area contributed by atoms with Crippen LogP contribution in [-0.4, -0.2) is 47.9 Å². The molecule has 0 heterocycles. The zero-order valence-corrected chi connectivity index (χ0v) is 11.3. The van der Waals surface area contributed by atoms with Crippen molar-refractivity contribution in [1.29, 1.82) is 0 Å². The second-order valence-electron chi connectivity index (χ2n) is 3.62. The normalized spacial score (nSPS) is 16.6. The van der Waals surface area contributed by atoms with Gasteiger partial charge in [0.15, 0.2) is 0 Å². The summed E-state index contributed by atoms with van der Waals surface area (Å²) >= 11 is 1.59. The van der Waals surface area contributed by atoms with Crippen molar-refractivity contribution in [3.63, 3.8) is 0 Å². The van der Waals surface area contributed by atoms with Gasteiger partial charge in [0.1, 0.15) is 6.04 Å². The van der Waals surface area contributed by atoms with E-state index in [9.17, 15) is 4.79 Å². The first-order chi connectivity index (χ1) is 7.60. The van der Waals surface area contributed by atoms with Crippen LogP contribution in [0, 0.1) is 0 Å². The highest BCUT2D eigenvalue weighted by atomic mass is 32.2. The van der Waals surface area contributed by atoms with Gasteiger partial charge in [-0.25, -0.2) is 0 Å². The molecule has 0 amide bonds. The molecule has 2 N–H and O–H groups in total. The van der Waals surface area contributed by atoms with E-state index < -0.39 is 0 Å². The molecule has 0 spiro atoms. The molecule has 4 nitrogen and oxygen atoms in total. The molecular formula is C11H23NO3S. The summed E-state index contributed by atoms with van der Waals surface area (Å²) < 4.78 is 4.97. The van der Waals surface area contributed by atoms with Crippen LogP contribution in [0.4, 0.5) is 0 Å². The smallest absolute Gasteiger partial charge is 0.323 e. The van der Waals surface area contributed by atoms with Gasteiger partial charge in [0.05, 0.1) is 13.2 Å². The number of carbonyl (C=O) groups excluding carboxylic acids is 1. The van der Waals surface area contributed by atoms with Gasteiger partial charge in [0, 0.05) is 11.3 Å². The van der Waals surface area contributed by atoms with Crippen molar-refractivity contribution in [2.75, 3.05) is 19.5 Å². The van der Waals surface area contributed by atoms with Gasteiger partial charge in [-0.3, -0.25) is 4.79 Å². The number of aliphatic hydroxyl groups excluding tert-OH is 1. The number of nitrogens with one attached hydrogen (secondary N) is 1. The van der Waals surface area contributed by atoms with E-state index in [2.05, 4.69) is 5.32 Å². The van der Waals surface area contributed by atoms with Crippen molar-refractivity contribution in [1.82, 2.24) is 5.32 Å². The Morgan fingerprint density at radius 3 is 2.50 bits per heavy atom. The Morgan fingerprint density at radius 2 is 2.12 bits per heavy atom. The molecule has 0 aromatic heterocycles. The molecule has 0 aliphatic rings. The number of thioether (sulfide) groups is 1. The molecule has 96 valence electrons. The molecule has 5 heteroatoms. The van der Waals surface area contributed by atoms with E-state index >= 15 is 0 Å². The van der Waals surface area contributed by atoms with Crippen LogP contribution in [0.5, 0.6) is 0 Å². The first-order valence-corrected chi connectivity index (χ1v) is 6.95. The average Bonchev–Trinajstić information content (AvgIpc) is 2.27. The molecule has 0 radical (unpaired) electrons. The fourth-order valence-electron chi connectivity index (χ4n) is 1.46. The van der Waals surface area contributed by atoms with Crippen LogP contribution in [-0.2, 0) is 9.53 Å². The Labute approximate surface area is 102 Å². The van der Waals surface area contributed by atoms with Crippen LogP contribution in [0.25, 0.3) is 0 Å². The number of ether oxygens (including phenoxy) is 1. The highest BCUT2D eigenvalue weighted by Gasteiger charge is 2.23. The maximum atomic E-state index is 11.6. The summed E-state index contributed by atoms with van der Waals surface area (Å²) in [5.74, 6) is -0.213. The van der Waals surface area contributed by atoms with Crippen LogP contribution in [0.3, 0.4) is 0 Å². The summed E-state index contributed by atoms with van der Waals surface area (Å²) in [6.07, 6.45) is 2.64. The maximum Gasteiger partial charge on any atom is 0.323 e. The molecule has 3 atom stereocenters. The van der Waals surface area contributed by atoms with Crippen molar-refractivity contribution < 1.29 is 14.6 Å². The molecule has 0 saturated heterocycles. The lowest BCUT2D eigenvalue weighted by molar-refractivity contribution is -0.146. The Morgan fingerprint density at radius 1 is 1.50 bits per heavy atom. The van der Waals surface area contributed by atoms with Gasteiger partial charge in [-0.05, 0) is 26.5 Å². The lowest BCUT2D eigenvalue weighted by Gasteiger charge is -2.25. The molecule has 0 bridgehead atoms. The van der Waals surface area contributed by atoms with E-state index in [1.54, 1.807) is 18.7 Å². The molecular weight excluding hydrogens is 226 g/mol. The Kier molecular flexibility index (Phi) is 8.70. The van der Waals surface area contributed by atoms with Crippen LogP contribution in [0.1, 0.15) is 27.2 Å². The lowest BCUT2D eigenvalue weighted by Crippen LogP contribution is -2.47. The minimum Gasteiger partial charge on any atom is -0.465 e. The second-order valence-corrected chi connectivity index (χ2v) is 4.70. The lowest BCUT2D eigenvalue weighted by atomic mass is 10.1. The third-order valence-corrected chi connectivity index (χ3v) is 3.65. The minimum absolute atomic E-state index is 0.0781.